The van der Waals surface area contributed by atoms with Crippen molar-refractivity contribution in [3.05, 3.63) is 58.4 Å². The molecule has 2 aromatic carbocycles. The molecule has 0 aliphatic carbocycles. The number of hydrogen-bond acceptors (Lipinski definition) is 0. The van der Waals surface area contributed by atoms with E-state index in [0.717, 1.165) is 6.07 Å². The van der Waals surface area contributed by atoms with Crippen LogP contribution >= 0.6 is 0 Å². The molecule has 0 amide bonds. The highest BCUT2D eigenvalue weighted by atomic mass is 19.4. The highest BCUT2D eigenvalue weighted by molar-refractivity contribution is 5.70. The summed E-state index contributed by atoms with van der Waals surface area (Å²) in [4.78, 5) is 0. The summed E-state index contributed by atoms with van der Waals surface area (Å²) in [5.41, 5.74) is -4.11. The Kier molecular flexibility index (Phi) is 3.88. The highest BCUT2D eigenvalue weighted by Crippen LogP contribution is 2.40. The van der Waals surface area contributed by atoms with Crippen LogP contribution in [0.2, 0.25) is 0 Å². The Labute approximate surface area is 119 Å². The second-order valence-corrected chi connectivity index (χ2v) is 4.49. The average Bonchev–Trinajstić information content (AvgIpc) is 2.43. The van der Waals surface area contributed by atoms with Crippen molar-refractivity contribution in [1.29, 1.82) is 0 Å². The molecule has 0 spiro atoms. The number of benzene rings is 2. The molecule has 0 saturated carbocycles. The number of hydrogen-bond donors (Lipinski definition) is 0. The minimum Gasteiger partial charge on any atom is -0.203 e. The van der Waals surface area contributed by atoms with Gasteiger partial charge >= 0.3 is 6.18 Å². The Bertz CT molecular complexity index is 716. The lowest BCUT2D eigenvalue weighted by Gasteiger charge is -2.15. The number of alkyl halides is 3. The summed E-state index contributed by atoms with van der Waals surface area (Å²) in [6, 6.07) is 2.30. The lowest BCUT2D eigenvalue weighted by atomic mass is 9.96. The van der Waals surface area contributed by atoms with Crippen LogP contribution in [0.15, 0.2) is 18.2 Å². The fourth-order valence-corrected chi connectivity index (χ4v) is 1.95. The summed E-state index contributed by atoms with van der Waals surface area (Å²) < 4.78 is 105. The summed E-state index contributed by atoms with van der Waals surface area (Å²) in [6.07, 6.45) is -5.03. The zero-order valence-corrected chi connectivity index (χ0v) is 10.8. The first kappa shape index (κ1) is 16.3. The van der Waals surface area contributed by atoms with Crippen molar-refractivity contribution >= 4 is 0 Å². The maximum atomic E-state index is 13.7. The molecule has 0 aliphatic rings. The zero-order valence-electron chi connectivity index (χ0n) is 10.8. The van der Waals surface area contributed by atoms with E-state index < -0.39 is 52.0 Å². The van der Waals surface area contributed by atoms with E-state index in [1.807, 2.05) is 0 Å². The Morgan fingerprint density at radius 3 is 1.64 bits per heavy atom. The van der Waals surface area contributed by atoms with Gasteiger partial charge in [0.05, 0.1) is 11.1 Å². The maximum absolute atomic E-state index is 13.7. The SMILES string of the molecule is Cc1ccc(-c2c(F)c(F)c(F)c(F)c2F)c(C(F)(F)F)c1. The van der Waals surface area contributed by atoms with Crippen LogP contribution in [-0.2, 0) is 6.18 Å². The molecule has 0 atom stereocenters. The monoisotopic (exact) mass is 326 g/mol. The van der Waals surface area contributed by atoms with E-state index in [9.17, 15) is 35.1 Å². The third kappa shape index (κ3) is 2.53. The topological polar surface area (TPSA) is 0 Å². The quantitative estimate of drug-likeness (QED) is 0.375. The molecule has 0 bridgehead atoms. The molecule has 0 unspecified atom stereocenters. The van der Waals surface area contributed by atoms with Crippen molar-refractivity contribution in [3.8, 4) is 11.1 Å². The number of halogens is 8. The Hall–Kier alpha value is -2.12. The Morgan fingerprint density at radius 2 is 1.18 bits per heavy atom. The van der Waals surface area contributed by atoms with Gasteiger partial charge in [-0.15, -0.1) is 0 Å². The van der Waals surface area contributed by atoms with Crippen molar-refractivity contribution in [2.45, 2.75) is 13.1 Å². The Morgan fingerprint density at radius 1 is 0.727 bits per heavy atom. The smallest absolute Gasteiger partial charge is 0.203 e. The van der Waals surface area contributed by atoms with Gasteiger partial charge in [-0.1, -0.05) is 17.7 Å². The van der Waals surface area contributed by atoms with Gasteiger partial charge in [0.2, 0.25) is 5.82 Å². The average molecular weight is 326 g/mol. The molecule has 8 heteroatoms. The third-order valence-corrected chi connectivity index (χ3v) is 2.96. The van der Waals surface area contributed by atoms with Gasteiger partial charge in [-0.2, -0.15) is 13.2 Å². The molecule has 0 aromatic heterocycles. The minimum absolute atomic E-state index is 0.111. The first-order valence-electron chi connectivity index (χ1n) is 5.75. The van der Waals surface area contributed by atoms with Gasteiger partial charge in [0, 0.05) is 0 Å². The van der Waals surface area contributed by atoms with Crippen LogP contribution in [0.5, 0.6) is 0 Å². The van der Waals surface area contributed by atoms with E-state index in [1.54, 1.807) is 0 Å². The first-order chi connectivity index (χ1) is 10.1. The van der Waals surface area contributed by atoms with Gasteiger partial charge < -0.3 is 0 Å². The van der Waals surface area contributed by atoms with Crippen molar-refractivity contribution in [2.24, 2.45) is 0 Å². The molecular formula is C14H6F8. The molecule has 0 fully saturated rings. The second kappa shape index (κ2) is 5.26. The summed E-state index contributed by atoms with van der Waals surface area (Å²) in [7, 11) is 0. The molecule has 0 nitrogen and oxygen atoms in total. The van der Waals surface area contributed by atoms with Crippen LogP contribution in [0.4, 0.5) is 35.1 Å². The van der Waals surface area contributed by atoms with Crippen molar-refractivity contribution in [3.63, 3.8) is 0 Å². The third-order valence-electron chi connectivity index (χ3n) is 2.96. The van der Waals surface area contributed by atoms with Crippen LogP contribution in [0.3, 0.4) is 0 Å². The van der Waals surface area contributed by atoms with E-state index in [4.69, 9.17) is 0 Å². The fraction of sp³-hybridized carbons (Fsp3) is 0.143. The van der Waals surface area contributed by atoms with Gasteiger partial charge in [0.25, 0.3) is 0 Å². The van der Waals surface area contributed by atoms with Crippen molar-refractivity contribution < 1.29 is 35.1 Å². The second-order valence-electron chi connectivity index (χ2n) is 4.49. The summed E-state index contributed by atoms with van der Waals surface area (Å²) in [6.45, 7) is 1.29. The molecule has 0 aliphatic heterocycles. The molecule has 2 rings (SSSR count). The highest BCUT2D eigenvalue weighted by Gasteiger charge is 2.37. The molecule has 0 saturated heterocycles. The number of aryl methyl sites for hydroxylation is 1. The van der Waals surface area contributed by atoms with E-state index in [0.29, 0.717) is 12.1 Å². The predicted molar refractivity (Wildman–Crippen MR) is 61.4 cm³/mol. The molecule has 2 aromatic rings. The van der Waals surface area contributed by atoms with E-state index in [1.165, 1.54) is 6.92 Å². The van der Waals surface area contributed by atoms with Crippen molar-refractivity contribution in [2.75, 3.05) is 0 Å². The normalized spacial score (nSPS) is 11.9. The van der Waals surface area contributed by atoms with Gasteiger partial charge in [0.15, 0.2) is 23.3 Å². The van der Waals surface area contributed by atoms with E-state index >= 15 is 0 Å². The lowest BCUT2D eigenvalue weighted by Crippen LogP contribution is -2.11. The zero-order chi connectivity index (χ0) is 16.8. The summed E-state index contributed by atoms with van der Waals surface area (Å²) in [5.74, 6) is -11.7. The molecular weight excluding hydrogens is 320 g/mol. The molecule has 0 N–H and O–H groups in total. The fourth-order valence-electron chi connectivity index (χ4n) is 1.95. The van der Waals surface area contributed by atoms with Gasteiger partial charge in [-0.25, -0.2) is 22.0 Å². The maximum Gasteiger partial charge on any atom is 0.417 e. The largest absolute Gasteiger partial charge is 0.417 e. The lowest BCUT2D eigenvalue weighted by molar-refractivity contribution is -0.137. The van der Waals surface area contributed by atoms with Crippen LogP contribution in [-0.4, -0.2) is 0 Å². The Balaban J connectivity index is 2.90. The van der Waals surface area contributed by atoms with Gasteiger partial charge in [-0.3, -0.25) is 0 Å². The van der Waals surface area contributed by atoms with Gasteiger partial charge in [0.1, 0.15) is 0 Å². The molecule has 0 heterocycles. The molecule has 118 valence electrons. The van der Waals surface area contributed by atoms with Crippen LogP contribution in [0.1, 0.15) is 11.1 Å². The molecule has 0 radical (unpaired) electrons. The van der Waals surface area contributed by atoms with E-state index in [-0.39, 0.29) is 5.56 Å². The number of rotatable bonds is 1. The minimum atomic E-state index is -5.03. The van der Waals surface area contributed by atoms with Crippen LogP contribution < -0.4 is 0 Å². The first-order valence-corrected chi connectivity index (χ1v) is 5.75. The van der Waals surface area contributed by atoms with Crippen molar-refractivity contribution in [1.82, 2.24) is 0 Å². The molecule has 22 heavy (non-hydrogen) atoms. The predicted octanol–water partition coefficient (Wildman–Crippen LogP) is 5.38. The summed E-state index contributed by atoms with van der Waals surface area (Å²) in [5, 5.41) is 0. The summed E-state index contributed by atoms with van der Waals surface area (Å²) >= 11 is 0. The van der Waals surface area contributed by atoms with Crippen LogP contribution in [0, 0.1) is 36.0 Å². The van der Waals surface area contributed by atoms with Crippen LogP contribution in [0.25, 0.3) is 11.1 Å². The van der Waals surface area contributed by atoms with E-state index in [2.05, 4.69) is 0 Å². The standard InChI is InChI=1S/C14H6F8/c1-5-2-3-6(7(4-5)14(20,21)22)8-9(15)11(17)13(19)12(18)10(8)16/h2-4H,1H3. The van der Waals surface area contributed by atoms with Gasteiger partial charge in [-0.05, 0) is 18.6 Å².